The van der Waals surface area contributed by atoms with E-state index in [1.165, 1.54) is 6.42 Å². The highest BCUT2D eigenvalue weighted by Crippen LogP contribution is 2.04. The van der Waals surface area contributed by atoms with E-state index in [0.717, 1.165) is 30.4 Å². The minimum absolute atomic E-state index is 0.514. The van der Waals surface area contributed by atoms with Crippen molar-refractivity contribution in [2.24, 2.45) is 10.9 Å². The van der Waals surface area contributed by atoms with Crippen molar-refractivity contribution in [3.05, 3.63) is 29.0 Å². The van der Waals surface area contributed by atoms with Gasteiger partial charge in [0.2, 0.25) is 0 Å². The molecule has 4 nitrogen and oxygen atoms in total. The van der Waals surface area contributed by atoms with Crippen LogP contribution in [0.4, 0.5) is 0 Å². The molecule has 0 amide bonds. The SMILES string of the molecule is CN=C(NCCCC(C)C)NCc1ccc(Cl)nc1. The summed E-state index contributed by atoms with van der Waals surface area (Å²) in [5, 5.41) is 7.06. The molecule has 19 heavy (non-hydrogen) atoms. The fraction of sp³-hybridized carbons (Fsp3) is 0.571. The first-order chi connectivity index (χ1) is 9.11. The summed E-state index contributed by atoms with van der Waals surface area (Å²) in [5.74, 6) is 1.57. The number of halogens is 1. The maximum Gasteiger partial charge on any atom is 0.191 e. The Kier molecular flexibility index (Phi) is 7.26. The van der Waals surface area contributed by atoms with Crippen molar-refractivity contribution in [1.82, 2.24) is 15.6 Å². The van der Waals surface area contributed by atoms with E-state index >= 15 is 0 Å². The lowest BCUT2D eigenvalue weighted by molar-refractivity contribution is 0.549. The number of hydrogen-bond donors (Lipinski definition) is 2. The molecule has 0 aromatic carbocycles. The van der Waals surface area contributed by atoms with Crippen LogP contribution in [0.15, 0.2) is 23.3 Å². The van der Waals surface area contributed by atoms with E-state index in [-0.39, 0.29) is 0 Å². The molecular formula is C14H23ClN4. The van der Waals surface area contributed by atoms with Gasteiger partial charge in [0.05, 0.1) is 0 Å². The van der Waals surface area contributed by atoms with Gasteiger partial charge >= 0.3 is 0 Å². The number of nitrogens with one attached hydrogen (secondary N) is 2. The number of nitrogens with zero attached hydrogens (tertiary/aromatic N) is 2. The first kappa shape index (κ1) is 15.8. The van der Waals surface area contributed by atoms with Crippen molar-refractivity contribution < 1.29 is 0 Å². The standard InChI is InChI=1S/C14H23ClN4/c1-11(2)5-4-8-17-14(16-3)19-10-12-6-7-13(15)18-9-12/h6-7,9,11H,4-5,8,10H2,1-3H3,(H2,16,17,19). The zero-order valence-electron chi connectivity index (χ0n) is 11.9. The average molecular weight is 283 g/mol. The number of hydrogen-bond acceptors (Lipinski definition) is 2. The van der Waals surface area contributed by atoms with Crippen LogP contribution in [0.5, 0.6) is 0 Å². The predicted molar refractivity (Wildman–Crippen MR) is 81.5 cm³/mol. The van der Waals surface area contributed by atoms with E-state index in [1.54, 1.807) is 19.3 Å². The Balaban J connectivity index is 2.27. The fourth-order valence-electron chi connectivity index (χ4n) is 1.63. The highest BCUT2D eigenvalue weighted by atomic mass is 35.5. The highest BCUT2D eigenvalue weighted by molar-refractivity contribution is 6.29. The molecule has 0 aliphatic heterocycles. The van der Waals surface area contributed by atoms with Crippen molar-refractivity contribution >= 4 is 17.6 Å². The molecule has 0 radical (unpaired) electrons. The number of guanidine groups is 1. The highest BCUT2D eigenvalue weighted by Gasteiger charge is 1.99. The second-order valence-corrected chi connectivity index (χ2v) is 5.27. The second kappa shape index (κ2) is 8.75. The van der Waals surface area contributed by atoms with Crippen LogP contribution in [-0.2, 0) is 6.54 Å². The lowest BCUT2D eigenvalue weighted by atomic mass is 10.1. The Morgan fingerprint density at radius 1 is 1.37 bits per heavy atom. The summed E-state index contributed by atoms with van der Waals surface area (Å²) in [5.41, 5.74) is 1.08. The Bertz CT molecular complexity index is 387. The molecule has 0 aliphatic carbocycles. The molecule has 0 bridgehead atoms. The van der Waals surface area contributed by atoms with Gasteiger partial charge in [-0.1, -0.05) is 31.5 Å². The van der Waals surface area contributed by atoms with E-state index < -0.39 is 0 Å². The van der Waals surface area contributed by atoms with E-state index in [0.29, 0.717) is 11.7 Å². The summed E-state index contributed by atoms with van der Waals surface area (Å²) in [6.07, 6.45) is 4.15. The quantitative estimate of drug-likeness (QED) is 0.365. The largest absolute Gasteiger partial charge is 0.356 e. The van der Waals surface area contributed by atoms with Crippen molar-refractivity contribution in [3.63, 3.8) is 0 Å². The van der Waals surface area contributed by atoms with Gasteiger partial charge < -0.3 is 10.6 Å². The van der Waals surface area contributed by atoms with Crippen molar-refractivity contribution in [2.75, 3.05) is 13.6 Å². The smallest absolute Gasteiger partial charge is 0.191 e. The maximum absolute atomic E-state index is 5.74. The van der Waals surface area contributed by atoms with Gasteiger partial charge in [-0.2, -0.15) is 0 Å². The molecule has 2 N–H and O–H groups in total. The number of rotatable bonds is 6. The van der Waals surface area contributed by atoms with Gasteiger partial charge in [0, 0.05) is 26.3 Å². The first-order valence-electron chi connectivity index (χ1n) is 6.66. The van der Waals surface area contributed by atoms with Gasteiger partial charge in [-0.3, -0.25) is 4.99 Å². The van der Waals surface area contributed by atoms with E-state index in [1.807, 2.05) is 6.07 Å². The molecule has 0 fully saturated rings. The molecule has 0 saturated heterocycles. The summed E-state index contributed by atoms with van der Waals surface area (Å²) in [6, 6.07) is 3.74. The third-order valence-electron chi connectivity index (χ3n) is 2.72. The van der Waals surface area contributed by atoms with Crippen LogP contribution in [0, 0.1) is 5.92 Å². The molecule has 0 atom stereocenters. The molecular weight excluding hydrogens is 260 g/mol. The summed E-state index contributed by atoms with van der Waals surface area (Å²) in [6.45, 7) is 6.10. The number of aliphatic imine (C=N–C) groups is 1. The van der Waals surface area contributed by atoms with Gasteiger partial charge in [-0.25, -0.2) is 4.98 Å². The van der Waals surface area contributed by atoms with E-state index in [9.17, 15) is 0 Å². The fourth-order valence-corrected chi connectivity index (χ4v) is 1.75. The molecule has 5 heteroatoms. The Hall–Kier alpha value is -1.29. The summed E-state index contributed by atoms with van der Waals surface area (Å²) < 4.78 is 0. The third kappa shape index (κ3) is 7.01. The molecule has 0 spiro atoms. The van der Waals surface area contributed by atoms with Gasteiger partial charge in [0.1, 0.15) is 5.15 Å². The van der Waals surface area contributed by atoms with Crippen LogP contribution in [-0.4, -0.2) is 24.5 Å². The molecule has 106 valence electrons. The van der Waals surface area contributed by atoms with E-state index in [2.05, 4.69) is 34.5 Å². The lowest BCUT2D eigenvalue weighted by Crippen LogP contribution is -2.37. The Labute approximate surface area is 120 Å². The summed E-state index contributed by atoms with van der Waals surface area (Å²) in [7, 11) is 1.78. The minimum Gasteiger partial charge on any atom is -0.356 e. The normalized spacial score (nSPS) is 11.7. The van der Waals surface area contributed by atoms with Crippen LogP contribution < -0.4 is 10.6 Å². The van der Waals surface area contributed by atoms with Gasteiger partial charge in [0.15, 0.2) is 5.96 Å². The molecule has 0 aliphatic rings. The van der Waals surface area contributed by atoms with Crippen LogP contribution in [0.1, 0.15) is 32.3 Å². The molecule has 1 rings (SSSR count). The van der Waals surface area contributed by atoms with Crippen molar-refractivity contribution in [1.29, 1.82) is 0 Å². The molecule has 0 saturated carbocycles. The van der Waals surface area contributed by atoms with Crippen LogP contribution >= 0.6 is 11.6 Å². The maximum atomic E-state index is 5.74. The zero-order chi connectivity index (χ0) is 14.1. The minimum atomic E-state index is 0.514. The lowest BCUT2D eigenvalue weighted by Gasteiger charge is -2.12. The van der Waals surface area contributed by atoms with Crippen molar-refractivity contribution in [3.8, 4) is 0 Å². The third-order valence-corrected chi connectivity index (χ3v) is 2.95. The molecule has 1 aromatic rings. The Morgan fingerprint density at radius 2 is 2.16 bits per heavy atom. The van der Waals surface area contributed by atoms with E-state index in [4.69, 9.17) is 11.6 Å². The predicted octanol–water partition coefficient (Wildman–Crippen LogP) is 2.84. The second-order valence-electron chi connectivity index (χ2n) is 4.88. The van der Waals surface area contributed by atoms with Crippen molar-refractivity contribution in [2.45, 2.75) is 33.2 Å². The summed E-state index contributed by atoms with van der Waals surface area (Å²) >= 11 is 5.74. The van der Waals surface area contributed by atoms with Gasteiger partial charge in [-0.15, -0.1) is 0 Å². The van der Waals surface area contributed by atoms with Crippen LogP contribution in [0.3, 0.4) is 0 Å². The number of aromatic nitrogens is 1. The Morgan fingerprint density at radius 3 is 2.74 bits per heavy atom. The summed E-state index contributed by atoms with van der Waals surface area (Å²) in [4.78, 5) is 8.23. The first-order valence-corrected chi connectivity index (χ1v) is 7.04. The molecule has 0 unspecified atom stereocenters. The van der Waals surface area contributed by atoms with Crippen LogP contribution in [0.25, 0.3) is 0 Å². The molecule has 1 heterocycles. The van der Waals surface area contributed by atoms with Gasteiger partial charge in [0.25, 0.3) is 0 Å². The van der Waals surface area contributed by atoms with Crippen LogP contribution in [0.2, 0.25) is 5.15 Å². The number of pyridine rings is 1. The zero-order valence-corrected chi connectivity index (χ0v) is 12.7. The monoisotopic (exact) mass is 282 g/mol. The average Bonchev–Trinajstić information content (AvgIpc) is 2.39. The van der Waals surface area contributed by atoms with Gasteiger partial charge in [-0.05, 0) is 30.4 Å². The topological polar surface area (TPSA) is 49.3 Å². The molecule has 1 aromatic heterocycles.